The van der Waals surface area contributed by atoms with E-state index in [2.05, 4.69) is 20.9 Å². The molecule has 3 aromatic rings. The van der Waals surface area contributed by atoms with Crippen molar-refractivity contribution in [3.8, 4) is 5.75 Å². The fourth-order valence-corrected chi connectivity index (χ4v) is 7.83. The van der Waals surface area contributed by atoms with Crippen LogP contribution in [0.15, 0.2) is 59.1 Å². The number of benzene rings is 2. The van der Waals surface area contributed by atoms with Crippen molar-refractivity contribution >= 4 is 33.2 Å². The second-order valence-electron chi connectivity index (χ2n) is 12.8. The number of carbonyl (C=O) groups is 1. The van der Waals surface area contributed by atoms with Crippen molar-refractivity contribution in [2.24, 2.45) is 11.8 Å². The quantitative estimate of drug-likeness (QED) is 0.305. The normalized spacial score (nSPS) is 25.9. The number of ether oxygens (including phenoxy) is 2. The maximum atomic E-state index is 13.3. The summed E-state index contributed by atoms with van der Waals surface area (Å²) < 4.78 is 46.8. The molecule has 1 amide bonds. The predicted molar refractivity (Wildman–Crippen MR) is 178 cm³/mol. The lowest BCUT2D eigenvalue weighted by molar-refractivity contribution is -0.0242. The lowest BCUT2D eigenvalue weighted by Gasteiger charge is -2.44. The summed E-state index contributed by atoms with van der Waals surface area (Å²) in [5, 5.41) is 4.06. The first-order chi connectivity index (χ1) is 22.2. The molecule has 2 aromatic carbocycles. The third kappa shape index (κ3) is 7.61. The van der Waals surface area contributed by atoms with E-state index in [0.29, 0.717) is 42.7 Å². The minimum Gasteiger partial charge on any atom is -0.487 e. The van der Waals surface area contributed by atoms with Crippen molar-refractivity contribution in [2.45, 2.75) is 83.4 Å². The number of rotatable bonds is 3. The van der Waals surface area contributed by atoms with Crippen LogP contribution in [0.25, 0.3) is 0 Å². The van der Waals surface area contributed by atoms with Gasteiger partial charge in [0.15, 0.2) is 0 Å². The van der Waals surface area contributed by atoms with Crippen molar-refractivity contribution < 1.29 is 27.2 Å². The molecular weight excluding hydrogens is 626 g/mol. The fourth-order valence-electron chi connectivity index (χ4n) is 6.61. The van der Waals surface area contributed by atoms with Gasteiger partial charge in [-0.25, -0.2) is 13.1 Å². The summed E-state index contributed by atoms with van der Waals surface area (Å²) in [4.78, 5) is 15.7. The van der Waals surface area contributed by atoms with Crippen LogP contribution in [0.3, 0.4) is 0 Å². The topological polar surface area (TPSA) is 111 Å². The molecule has 2 bridgehead atoms. The van der Waals surface area contributed by atoms with E-state index < -0.39 is 21.2 Å². The van der Waals surface area contributed by atoms with Gasteiger partial charge in [0.05, 0.1) is 23.6 Å². The number of hydrogen-bond acceptors (Lipinski definition) is 8. The van der Waals surface area contributed by atoms with Crippen LogP contribution in [0.5, 0.6) is 5.75 Å². The zero-order valence-electron chi connectivity index (χ0n) is 26.4. The highest BCUT2D eigenvalue weighted by Crippen LogP contribution is 2.42. The summed E-state index contributed by atoms with van der Waals surface area (Å²) in [5.41, 5.74) is 4.08. The van der Waals surface area contributed by atoms with E-state index in [0.717, 1.165) is 67.9 Å². The number of fused-ring (bicyclic) bond motifs is 3. The highest BCUT2D eigenvalue weighted by Gasteiger charge is 2.38. The molecule has 1 aromatic heterocycles. The third-order valence-corrected chi connectivity index (χ3v) is 11.5. The maximum absolute atomic E-state index is 13.3. The van der Waals surface area contributed by atoms with E-state index in [9.17, 15) is 13.2 Å². The summed E-state index contributed by atoms with van der Waals surface area (Å²) in [5.74, 6) is 1.39. The standard InChI is InChI=1S/C35H42ClN3O6S/c1-23-17-30(37-45-23)22-44-33-9-4-3-7-24(2)46(41,42)38-35(40)26-12-15-34-32(19-26)39(20-27-11-14-31(27)33)16-6-5-8-25-18-29(36)13-10-28(25)21-43-34/h4,9-10,12-13,15,17-19,24,27,31,33H,3,5-8,11,14,16,20-22H2,1-2H3,(H,38,40)/b9-4+/t24-,27+,31-,33+/m1/s1. The number of anilines is 1. The van der Waals surface area contributed by atoms with Gasteiger partial charge < -0.3 is 18.9 Å². The average Bonchev–Trinajstić information content (AvgIpc) is 3.42. The monoisotopic (exact) mass is 667 g/mol. The Bertz CT molecular complexity index is 1690. The summed E-state index contributed by atoms with van der Waals surface area (Å²) >= 11 is 6.34. The molecule has 9 nitrogen and oxygen atoms in total. The molecule has 0 radical (unpaired) electrons. The van der Waals surface area contributed by atoms with E-state index in [1.54, 1.807) is 25.1 Å². The average molecular weight is 668 g/mol. The van der Waals surface area contributed by atoms with Crippen LogP contribution in [-0.2, 0) is 34.4 Å². The maximum Gasteiger partial charge on any atom is 0.264 e. The number of nitrogens with zero attached hydrogens (tertiary/aromatic N) is 2. The molecule has 0 saturated heterocycles. The minimum atomic E-state index is -3.89. The minimum absolute atomic E-state index is 0.152. The van der Waals surface area contributed by atoms with Gasteiger partial charge >= 0.3 is 0 Å². The predicted octanol–water partition coefficient (Wildman–Crippen LogP) is 6.77. The Balaban J connectivity index is 1.34. The molecule has 1 saturated carbocycles. The van der Waals surface area contributed by atoms with Gasteiger partial charge in [0.1, 0.15) is 23.8 Å². The molecule has 1 aliphatic carbocycles. The zero-order chi connectivity index (χ0) is 32.3. The molecule has 0 unspecified atom stereocenters. The van der Waals surface area contributed by atoms with E-state index in [-0.39, 0.29) is 17.6 Å². The van der Waals surface area contributed by atoms with E-state index in [4.69, 9.17) is 25.6 Å². The second kappa shape index (κ2) is 14.2. The number of nitrogens with one attached hydrogen (secondary N) is 1. The van der Waals surface area contributed by atoms with Gasteiger partial charge in [-0.15, -0.1) is 0 Å². The van der Waals surface area contributed by atoms with Gasteiger partial charge in [-0.1, -0.05) is 35.0 Å². The van der Waals surface area contributed by atoms with Crippen LogP contribution < -0.4 is 14.4 Å². The first kappa shape index (κ1) is 32.6. The van der Waals surface area contributed by atoms with Gasteiger partial charge in [-0.05, 0) is 112 Å². The number of aryl methyl sites for hydroxylation is 2. The van der Waals surface area contributed by atoms with Crippen LogP contribution in [0.1, 0.15) is 78.4 Å². The van der Waals surface area contributed by atoms with Gasteiger partial charge in [0, 0.05) is 29.7 Å². The number of allylic oxidation sites excluding steroid dienone is 1. The van der Waals surface area contributed by atoms with Crippen molar-refractivity contribution in [1.82, 2.24) is 9.88 Å². The molecule has 0 spiro atoms. The van der Waals surface area contributed by atoms with Crippen molar-refractivity contribution in [3.63, 3.8) is 0 Å². The summed E-state index contributed by atoms with van der Waals surface area (Å²) in [6, 6.07) is 13.0. The van der Waals surface area contributed by atoms with Crippen LogP contribution in [-0.4, -0.2) is 43.9 Å². The Morgan fingerprint density at radius 3 is 2.74 bits per heavy atom. The number of aromatic nitrogens is 1. The molecular formula is C35H42ClN3O6S. The number of amides is 1. The van der Waals surface area contributed by atoms with E-state index in [1.807, 2.05) is 37.3 Å². The van der Waals surface area contributed by atoms with E-state index in [1.165, 1.54) is 5.56 Å². The molecule has 3 heterocycles. The zero-order valence-corrected chi connectivity index (χ0v) is 28.0. The lowest BCUT2D eigenvalue weighted by Crippen LogP contribution is -2.44. The summed E-state index contributed by atoms with van der Waals surface area (Å²) in [6.45, 7) is 5.71. The molecule has 2 aliphatic heterocycles. The number of hydrogen-bond donors (Lipinski definition) is 1. The number of sulfonamides is 1. The smallest absolute Gasteiger partial charge is 0.264 e. The van der Waals surface area contributed by atoms with Gasteiger partial charge in [0.2, 0.25) is 10.0 Å². The Morgan fingerprint density at radius 2 is 1.96 bits per heavy atom. The van der Waals surface area contributed by atoms with Gasteiger partial charge in [-0.2, -0.15) is 0 Å². The van der Waals surface area contributed by atoms with Gasteiger partial charge in [0.25, 0.3) is 5.91 Å². The lowest BCUT2D eigenvalue weighted by atomic mass is 9.70. The third-order valence-electron chi connectivity index (χ3n) is 9.52. The largest absolute Gasteiger partial charge is 0.487 e. The highest BCUT2D eigenvalue weighted by molar-refractivity contribution is 7.90. The SMILES string of the molecule is Cc1cc(CO[C@H]2/C=C/CC[C@@H](C)S(=O)(=O)NC(=O)c3ccc4c(c3)N(CCCCc3cc(Cl)ccc3CO4)C[C@@H]3CC[C@H]32)no1. The van der Waals surface area contributed by atoms with Crippen LogP contribution in [0.2, 0.25) is 5.02 Å². The van der Waals surface area contributed by atoms with Crippen molar-refractivity contribution in [3.05, 3.63) is 87.8 Å². The second-order valence-corrected chi connectivity index (χ2v) is 15.3. The molecule has 3 aliphatic rings. The first-order valence-electron chi connectivity index (χ1n) is 16.2. The highest BCUT2D eigenvalue weighted by atomic mass is 35.5. The molecule has 246 valence electrons. The molecule has 1 fully saturated rings. The summed E-state index contributed by atoms with van der Waals surface area (Å²) in [6.07, 6.45) is 9.74. The van der Waals surface area contributed by atoms with Gasteiger partial charge in [-0.3, -0.25) is 4.79 Å². The Hall–Kier alpha value is -3.34. The fraction of sp³-hybridized carbons (Fsp3) is 0.486. The van der Waals surface area contributed by atoms with Crippen molar-refractivity contribution in [1.29, 1.82) is 0 Å². The van der Waals surface area contributed by atoms with Crippen LogP contribution in [0.4, 0.5) is 5.69 Å². The summed E-state index contributed by atoms with van der Waals surface area (Å²) in [7, 11) is -3.89. The van der Waals surface area contributed by atoms with Crippen molar-refractivity contribution in [2.75, 3.05) is 18.0 Å². The number of carbonyl (C=O) groups excluding carboxylic acids is 1. The van der Waals surface area contributed by atoms with E-state index >= 15 is 0 Å². The molecule has 46 heavy (non-hydrogen) atoms. The number of halogens is 1. The molecule has 6 rings (SSSR count). The molecule has 11 heteroatoms. The Labute approximate surface area is 276 Å². The Morgan fingerprint density at radius 1 is 1.09 bits per heavy atom. The molecule has 1 N–H and O–H groups in total. The van der Waals surface area contributed by atoms with Crippen LogP contribution in [0, 0.1) is 18.8 Å². The first-order valence-corrected chi connectivity index (χ1v) is 18.1. The van der Waals surface area contributed by atoms with Crippen LogP contribution >= 0.6 is 11.6 Å². The molecule has 4 atom stereocenters. The Kier molecular flexibility index (Phi) is 10.1.